The summed E-state index contributed by atoms with van der Waals surface area (Å²) in [6.07, 6.45) is 4.37. The zero-order chi connectivity index (χ0) is 14.5. The van der Waals surface area contributed by atoms with E-state index in [1.807, 2.05) is 19.1 Å². The molecule has 0 aromatic heterocycles. The highest BCUT2D eigenvalue weighted by molar-refractivity contribution is 5.92. The van der Waals surface area contributed by atoms with Crippen LogP contribution in [0, 0.1) is 5.92 Å². The van der Waals surface area contributed by atoms with Gasteiger partial charge in [-0.1, -0.05) is 19.1 Å². The van der Waals surface area contributed by atoms with E-state index in [1.54, 1.807) is 0 Å². The van der Waals surface area contributed by atoms with Crippen molar-refractivity contribution in [2.45, 2.75) is 45.4 Å². The number of hydrogen-bond donors (Lipinski definition) is 2. The first-order chi connectivity index (χ1) is 9.54. The Morgan fingerprint density at radius 1 is 1.40 bits per heavy atom. The summed E-state index contributed by atoms with van der Waals surface area (Å²) in [5.41, 5.74) is 3.34. The van der Waals surface area contributed by atoms with E-state index in [2.05, 4.69) is 11.4 Å². The molecule has 0 saturated heterocycles. The molecular formula is C16H21NO3. The molecule has 1 aromatic carbocycles. The number of benzene rings is 1. The summed E-state index contributed by atoms with van der Waals surface area (Å²) < 4.78 is 0. The van der Waals surface area contributed by atoms with Gasteiger partial charge in [0.05, 0.1) is 0 Å². The highest BCUT2D eigenvalue weighted by atomic mass is 16.4. The third-order valence-electron chi connectivity index (χ3n) is 3.74. The molecule has 0 saturated carbocycles. The number of hydrogen-bond acceptors (Lipinski definition) is 2. The van der Waals surface area contributed by atoms with Gasteiger partial charge in [-0.3, -0.25) is 9.59 Å². The Labute approximate surface area is 119 Å². The van der Waals surface area contributed by atoms with Gasteiger partial charge >= 0.3 is 5.97 Å². The van der Waals surface area contributed by atoms with E-state index in [4.69, 9.17) is 5.11 Å². The van der Waals surface area contributed by atoms with E-state index < -0.39 is 5.97 Å². The summed E-state index contributed by atoms with van der Waals surface area (Å²) in [5.74, 6) is -0.459. The van der Waals surface area contributed by atoms with Gasteiger partial charge in [-0.2, -0.15) is 0 Å². The van der Waals surface area contributed by atoms with Crippen molar-refractivity contribution in [1.82, 2.24) is 0 Å². The maximum atomic E-state index is 11.5. The molecule has 1 atom stereocenters. The number of anilines is 1. The number of carboxylic acids is 1. The minimum absolute atomic E-state index is 0.0894. The summed E-state index contributed by atoms with van der Waals surface area (Å²) in [4.78, 5) is 22.1. The van der Waals surface area contributed by atoms with E-state index in [0.717, 1.165) is 31.4 Å². The lowest BCUT2D eigenvalue weighted by molar-refractivity contribution is -0.138. The smallest absolute Gasteiger partial charge is 0.303 e. The summed E-state index contributed by atoms with van der Waals surface area (Å²) >= 11 is 0. The van der Waals surface area contributed by atoms with E-state index in [-0.39, 0.29) is 18.2 Å². The maximum Gasteiger partial charge on any atom is 0.303 e. The van der Waals surface area contributed by atoms with Crippen molar-refractivity contribution >= 4 is 17.6 Å². The molecule has 4 heteroatoms. The molecule has 0 bridgehead atoms. The van der Waals surface area contributed by atoms with Gasteiger partial charge in [0.25, 0.3) is 0 Å². The molecule has 1 unspecified atom stereocenters. The van der Waals surface area contributed by atoms with Gasteiger partial charge in [-0.25, -0.2) is 0 Å². The fraction of sp³-hybridized carbons (Fsp3) is 0.500. The van der Waals surface area contributed by atoms with Crippen molar-refractivity contribution in [3.05, 3.63) is 29.3 Å². The fourth-order valence-electron chi connectivity index (χ4n) is 2.60. The topological polar surface area (TPSA) is 66.4 Å². The lowest BCUT2D eigenvalue weighted by Crippen LogP contribution is -2.09. The molecule has 0 radical (unpaired) electrons. The van der Waals surface area contributed by atoms with E-state index in [0.29, 0.717) is 6.42 Å². The second-order valence-electron chi connectivity index (χ2n) is 5.63. The summed E-state index contributed by atoms with van der Waals surface area (Å²) in [7, 11) is 0. The predicted octanol–water partition coefficient (Wildman–Crippen LogP) is 3.00. The molecule has 20 heavy (non-hydrogen) atoms. The fourth-order valence-corrected chi connectivity index (χ4v) is 2.60. The Hall–Kier alpha value is -1.84. The Bertz CT molecular complexity index is 510. The largest absolute Gasteiger partial charge is 0.481 e. The van der Waals surface area contributed by atoms with Gasteiger partial charge in [0, 0.05) is 18.5 Å². The number of carbonyl (C=O) groups is 2. The molecule has 0 fully saturated rings. The number of carbonyl (C=O) groups excluding carboxylic acids is 1. The molecule has 2 N–H and O–H groups in total. The molecule has 1 amide bonds. The molecule has 108 valence electrons. The van der Waals surface area contributed by atoms with Crippen LogP contribution in [0.3, 0.4) is 0 Å². The first-order valence-electron chi connectivity index (χ1n) is 7.18. The first-order valence-corrected chi connectivity index (χ1v) is 7.18. The van der Waals surface area contributed by atoms with E-state index in [1.165, 1.54) is 11.1 Å². The van der Waals surface area contributed by atoms with Crippen LogP contribution in [0.25, 0.3) is 0 Å². The van der Waals surface area contributed by atoms with Crippen molar-refractivity contribution in [3.8, 4) is 0 Å². The quantitative estimate of drug-likeness (QED) is 0.868. The maximum absolute atomic E-state index is 11.5. The lowest BCUT2D eigenvalue weighted by atomic mass is 9.96. The number of rotatable bonds is 5. The highest BCUT2D eigenvalue weighted by Crippen LogP contribution is 2.24. The van der Waals surface area contributed by atoms with Crippen molar-refractivity contribution < 1.29 is 14.7 Å². The SMILES string of the molecule is CC(CCc1ccc2c(c1)CCCC(=O)N2)CC(=O)O. The van der Waals surface area contributed by atoms with Crippen molar-refractivity contribution in [2.24, 2.45) is 5.92 Å². The summed E-state index contributed by atoms with van der Waals surface area (Å²) in [6.45, 7) is 1.97. The average Bonchev–Trinajstić information content (AvgIpc) is 2.55. The zero-order valence-corrected chi connectivity index (χ0v) is 11.8. The van der Waals surface area contributed by atoms with Crippen LogP contribution in [-0.4, -0.2) is 17.0 Å². The molecule has 0 aliphatic carbocycles. The average molecular weight is 275 g/mol. The Balaban J connectivity index is 1.98. The van der Waals surface area contributed by atoms with E-state index >= 15 is 0 Å². The third-order valence-corrected chi connectivity index (χ3v) is 3.74. The molecule has 4 nitrogen and oxygen atoms in total. The highest BCUT2D eigenvalue weighted by Gasteiger charge is 2.13. The number of nitrogens with one attached hydrogen (secondary N) is 1. The molecule has 2 rings (SSSR count). The monoisotopic (exact) mass is 275 g/mol. The van der Waals surface area contributed by atoms with Gasteiger partial charge in [-0.05, 0) is 48.8 Å². The van der Waals surface area contributed by atoms with Gasteiger partial charge in [0.2, 0.25) is 5.91 Å². The second kappa shape index (κ2) is 6.55. The minimum atomic E-state index is -0.734. The van der Waals surface area contributed by atoms with Gasteiger partial charge in [0.1, 0.15) is 0 Å². The van der Waals surface area contributed by atoms with Crippen LogP contribution < -0.4 is 5.32 Å². The molecule has 1 aliphatic rings. The number of fused-ring (bicyclic) bond motifs is 1. The number of aryl methyl sites for hydroxylation is 2. The molecular weight excluding hydrogens is 254 g/mol. The standard InChI is InChI=1S/C16H21NO3/c1-11(9-16(19)20)5-6-12-7-8-14-13(10-12)3-2-4-15(18)17-14/h7-8,10-11H,2-6,9H2,1H3,(H,17,18)(H,19,20). The van der Waals surface area contributed by atoms with Gasteiger partial charge < -0.3 is 10.4 Å². The van der Waals surface area contributed by atoms with Crippen LogP contribution in [0.5, 0.6) is 0 Å². The van der Waals surface area contributed by atoms with E-state index in [9.17, 15) is 9.59 Å². The van der Waals surface area contributed by atoms with Crippen molar-refractivity contribution in [2.75, 3.05) is 5.32 Å². The predicted molar refractivity (Wildman–Crippen MR) is 77.7 cm³/mol. The normalized spacial score (nSPS) is 15.9. The molecule has 1 heterocycles. The van der Waals surface area contributed by atoms with Crippen LogP contribution in [0.2, 0.25) is 0 Å². The molecule has 1 aromatic rings. The number of amides is 1. The van der Waals surface area contributed by atoms with Crippen LogP contribution in [0.4, 0.5) is 5.69 Å². The molecule has 0 spiro atoms. The number of aliphatic carboxylic acids is 1. The number of carboxylic acid groups (broad SMARTS) is 1. The van der Waals surface area contributed by atoms with Crippen LogP contribution in [0.15, 0.2) is 18.2 Å². The third kappa shape index (κ3) is 4.08. The zero-order valence-electron chi connectivity index (χ0n) is 11.8. The minimum Gasteiger partial charge on any atom is -0.481 e. The molecule has 1 aliphatic heterocycles. The van der Waals surface area contributed by atoms with Crippen LogP contribution in [0.1, 0.15) is 43.7 Å². The van der Waals surface area contributed by atoms with Crippen molar-refractivity contribution in [3.63, 3.8) is 0 Å². The van der Waals surface area contributed by atoms with Crippen molar-refractivity contribution in [1.29, 1.82) is 0 Å². The Morgan fingerprint density at radius 3 is 2.95 bits per heavy atom. The Kier molecular flexibility index (Phi) is 4.77. The summed E-state index contributed by atoms with van der Waals surface area (Å²) in [6, 6.07) is 6.14. The Morgan fingerprint density at radius 2 is 2.20 bits per heavy atom. The van der Waals surface area contributed by atoms with Gasteiger partial charge in [-0.15, -0.1) is 0 Å². The van der Waals surface area contributed by atoms with Gasteiger partial charge in [0.15, 0.2) is 0 Å². The first kappa shape index (κ1) is 14.6. The lowest BCUT2D eigenvalue weighted by Gasteiger charge is -2.11. The van der Waals surface area contributed by atoms with Crippen LogP contribution in [-0.2, 0) is 22.4 Å². The van der Waals surface area contributed by atoms with Crippen LogP contribution >= 0.6 is 0 Å². The summed E-state index contributed by atoms with van der Waals surface area (Å²) in [5, 5.41) is 11.7. The second-order valence-corrected chi connectivity index (χ2v) is 5.63.